The SMILES string of the molecule is CN=NC(=NN)N(Cc1cc(C(F)(F)F)cc(C(F)(F)F)c1)Cc1cc(C(F)(F)F)ccc1C(C)(OC)C1CCC1. The molecule has 1 fully saturated rings. The van der Waals surface area contributed by atoms with E-state index in [0.717, 1.165) is 36.3 Å². The van der Waals surface area contributed by atoms with Crippen molar-refractivity contribution in [2.24, 2.45) is 27.1 Å². The van der Waals surface area contributed by atoms with Crippen molar-refractivity contribution in [3.63, 3.8) is 0 Å². The molecule has 0 radical (unpaired) electrons. The summed E-state index contributed by atoms with van der Waals surface area (Å²) in [6.07, 6.45) is -12.6. The molecule has 1 unspecified atom stereocenters. The van der Waals surface area contributed by atoms with Crippen LogP contribution in [0.2, 0.25) is 0 Å². The molecule has 2 aromatic rings. The fraction of sp³-hybridized carbons (Fsp3) is 0.500. The number of halogens is 9. The topological polar surface area (TPSA) is 75.6 Å². The Labute approximate surface area is 230 Å². The van der Waals surface area contributed by atoms with Gasteiger partial charge in [-0.15, -0.1) is 10.2 Å². The van der Waals surface area contributed by atoms with Crippen LogP contribution in [-0.2, 0) is 42.0 Å². The molecule has 226 valence electrons. The maximum atomic E-state index is 13.7. The van der Waals surface area contributed by atoms with Crippen LogP contribution in [0, 0.1) is 5.92 Å². The molecule has 0 spiro atoms. The number of ether oxygens (including phenoxy) is 1. The number of alkyl halides is 9. The lowest BCUT2D eigenvalue weighted by Crippen LogP contribution is -2.40. The summed E-state index contributed by atoms with van der Waals surface area (Å²) in [5.74, 6) is 4.96. The van der Waals surface area contributed by atoms with Gasteiger partial charge in [0.05, 0.1) is 22.3 Å². The first-order valence-corrected chi connectivity index (χ1v) is 12.3. The molecular formula is C26H28F9N5O. The fourth-order valence-electron chi connectivity index (χ4n) is 4.83. The van der Waals surface area contributed by atoms with Crippen molar-refractivity contribution in [3.05, 3.63) is 69.8 Å². The Hall–Kier alpha value is -3.36. The number of azo groups is 1. The predicted octanol–water partition coefficient (Wildman–Crippen LogP) is 7.72. The summed E-state index contributed by atoms with van der Waals surface area (Å²) in [5.41, 5.74) is -5.19. The number of nitrogens with zero attached hydrogens (tertiary/aromatic N) is 4. The second-order valence-corrected chi connectivity index (χ2v) is 9.81. The quantitative estimate of drug-likeness (QED) is 0.0887. The number of hydrazone groups is 1. The van der Waals surface area contributed by atoms with Gasteiger partial charge in [-0.05, 0) is 72.7 Å². The Morgan fingerprint density at radius 2 is 1.44 bits per heavy atom. The third kappa shape index (κ3) is 7.29. The van der Waals surface area contributed by atoms with Crippen molar-refractivity contribution >= 4 is 5.96 Å². The van der Waals surface area contributed by atoms with Crippen molar-refractivity contribution < 1.29 is 44.3 Å². The first-order valence-electron chi connectivity index (χ1n) is 12.3. The van der Waals surface area contributed by atoms with E-state index >= 15 is 0 Å². The Kier molecular flexibility index (Phi) is 9.30. The number of rotatable bonds is 7. The lowest BCUT2D eigenvalue weighted by atomic mass is 9.69. The van der Waals surface area contributed by atoms with Crippen LogP contribution >= 0.6 is 0 Å². The van der Waals surface area contributed by atoms with Crippen LogP contribution in [0.5, 0.6) is 0 Å². The van der Waals surface area contributed by atoms with Crippen LogP contribution in [0.25, 0.3) is 0 Å². The molecule has 1 atom stereocenters. The summed E-state index contributed by atoms with van der Waals surface area (Å²) in [7, 11) is 2.63. The van der Waals surface area contributed by atoms with E-state index in [1.807, 2.05) is 0 Å². The van der Waals surface area contributed by atoms with Crippen molar-refractivity contribution in [2.45, 2.75) is 63.4 Å². The molecule has 1 aliphatic rings. The Bertz CT molecular complexity index is 1250. The highest BCUT2D eigenvalue weighted by Gasteiger charge is 2.42. The molecule has 0 aliphatic heterocycles. The third-order valence-electron chi connectivity index (χ3n) is 7.25. The minimum atomic E-state index is -5.11. The van der Waals surface area contributed by atoms with E-state index in [9.17, 15) is 39.5 Å². The van der Waals surface area contributed by atoms with Crippen LogP contribution in [0.1, 0.15) is 59.6 Å². The van der Waals surface area contributed by atoms with Crippen molar-refractivity contribution in [1.29, 1.82) is 0 Å². The lowest BCUT2D eigenvalue weighted by molar-refractivity contribution is -0.143. The number of nitrogens with two attached hydrogens (primary N) is 1. The highest BCUT2D eigenvalue weighted by molar-refractivity contribution is 5.80. The van der Waals surface area contributed by atoms with Crippen molar-refractivity contribution in [2.75, 3.05) is 14.2 Å². The molecule has 3 rings (SSSR count). The van der Waals surface area contributed by atoms with Gasteiger partial charge in [-0.1, -0.05) is 12.5 Å². The predicted molar refractivity (Wildman–Crippen MR) is 131 cm³/mol. The van der Waals surface area contributed by atoms with Gasteiger partial charge in [-0.2, -0.15) is 44.6 Å². The van der Waals surface area contributed by atoms with Crippen LogP contribution in [0.3, 0.4) is 0 Å². The summed E-state index contributed by atoms with van der Waals surface area (Å²) in [6, 6.07) is 4.03. The molecule has 1 saturated carbocycles. The number of guanidine groups is 1. The molecule has 1 aliphatic carbocycles. The van der Waals surface area contributed by atoms with Crippen LogP contribution in [0.15, 0.2) is 51.7 Å². The normalized spacial score (nSPS) is 17.0. The average molecular weight is 598 g/mol. The molecular weight excluding hydrogens is 569 g/mol. The summed E-state index contributed by atoms with van der Waals surface area (Å²) in [4.78, 5) is 1.05. The maximum absolute atomic E-state index is 13.7. The van der Waals surface area contributed by atoms with E-state index in [1.165, 1.54) is 20.2 Å². The average Bonchev–Trinajstić information content (AvgIpc) is 2.84. The van der Waals surface area contributed by atoms with Gasteiger partial charge in [0.1, 0.15) is 0 Å². The summed E-state index contributed by atoms with van der Waals surface area (Å²) in [6.45, 7) is 0.571. The van der Waals surface area contributed by atoms with Gasteiger partial charge in [-0.25, -0.2) is 0 Å². The molecule has 0 amide bonds. The molecule has 2 aromatic carbocycles. The Morgan fingerprint density at radius 1 is 0.878 bits per heavy atom. The van der Waals surface area contributed by atoms with E-state index in [0.29, 0.717) is 17.7 Å². The Balaban J connectivity index is 2.19. The third-order valence-corrected chi connectivity index (χ3v) is 7.25. The number of hydrogen-bond donors (Lipinski definition) is 1. The molecule has 0 saturated heterocycles. The van der Waals surface area contributed by atoms with Crippen LogP contribution in [-0.4, -0.2) is 25.0 Å². The zero-order valence-corrected chi connectivity index (χ0v) is 22.3. The second-order valence-electron chi connectivity index (χ2n) is 9.81. The van der Waals surface area contributed by atoms with Crippen LogP contribution < -0.4 is 5.84 Å². The van der Waals surface area contributed by atoms with Gasteiger partial charge >= 0.3 is 18.5 Å². The van der Waals surface area contributed by atoms with Gasteiger partial charge in [0, 0.05) is 27.2 Å². The van der Waals surface area contributed by atoms with E-state index in [1.54, 1.807) is 6.92 Å². The maximum Gasteiger partial charge on any atom is 0.416 e. The number of benzene rings is 2. The minimum Gasteiger partial charge on any atom is -0.374 e. The fourth-order valence-corrected chi connectivity index (χ4v) is 4.83. The van der Waals surface area contributed by atoms with Gasteiger partial charge < -0.3 is 15.5 Å². The molecule has 6 nitrogen and oxygen atoms in total. The number of methoxy groups -OCH3 is 1. The summed E-state index contributed by atoms with van der Waals surface area (Å²) >= 11 is 0. The smallest absolute Gasteiger partial charge is 0.374 e. The van der Waals surface area contributed by atoms with Gasteiger partial charge in [0.25, 0.3) is 5.96 Å². The first-order chi connectivity index (χ1) is 18.9. The highest BCUT2D eigenvalue weighted by Crippen LogP contribution is 2.46. The monoisotopic (exact) mass is 597 g/mol. The number of hydrogen-bond acceptors (Lipinski definition) is 4. The van der Waals surface area contributed by atoms with E-state index < -0.39 is 65.4 Å². The van der Waals surface area contributed by atoms with E-state index in [-0.39, 0.29) is 17.5 Å². The molecule has 0 aromatic heterocycles. The standard InChI is InChI=1S/C26H28F9N5O/c1-23(41-3,17-5-4-6-17)21-8-7-18(24(27,28)29)11-16(21)14-40(22(38-36)39-37-2)13-15-9-19(25(30,31)32)12-20(10-15)26(33,34)35/h7-12,17H,4-6,13-14,36H2,1-3H3. The summed E-state index contributed by atoms with van der Waals surface area (Å²) < 4.78 is 128. The van der Waals surface area contributed by atoms with Crippen LogP contribution in [0.4, 0.5) is 39.5 Å². The highest BCUT2D eigenvalue weighted by atomic mass is 19.4. The van der Waals surface area contributed by atoms with Crippen molar-refractivity contribution in [1.82, 2.24) is 4.90 Å². The van der Waals surface area contributed by atoms with Crippen molar-refractivity contribution in [3.8, 4) is 0 Å². The summed E-state index contributed by atoms with van der Waals surface area (Å²) in [5, 5.41) is 10.7. The zero-order chi connectivity index (χ0) is 30.8. The van der Waals surface area contributed by atoms with E-state index in [2.05, 4.69) is 15.3 Å². The first kappa shape index (κ1) is 32.2. The minimum absolute atomic E-state index is 0.0227. The molecule has 0 bridgehead atoms. The molecule has 15 heteroatoms. The van der Waals surface area contributed by atoms with Gasteiger partial charge in [-0.3, -0.25) is 0 Å². The molecule has 41 heavy (non-hydrogen) atoms. The zero-order valence-electron chi connectivity index (χ0n) is 22.3. The van der Waals surface area contributed by atoms with E-state index in [4.69, 9.17) is 10.6 Å². The lowest BCUT2D eigenvalue weighted by Gasteiger charge is -2.43. The van der Waals surface area contributed by atoms with Gasteiger partial charge in [0.15, 0.2) is 0 Å². The van der Waals surface area contributed by atoms with Gasteiger partial charge in [0.2, 0.25) is 0 Å². The largest absolute Gasteiger partial charge is 0.416 e. The molecule has 2 N–H and O–H groups in total. The second kappa shape index (κ2) is 11.9. The Morgan fingerprint density at radius 3 is 1.85 bits per heavy atom. The molecule has 0 heterocycles.